The SMILES string of the molecule is C(=C\c1cc2ccccc2c2c1OCOc1c(/C=C/c3ccc(-c4ccccc4)cc3)cc3ccccc3c1-2)/c1ccc(-c2ccccc2)cc1. The summed E-state index contributed by atoms with van der Waals surface area (Å²) in [5, 5.41) is 4.56. The summed E-state index contributed by atoms with van der Waals surface area (Å²) in [5.41, 5.74) is 11.2. The highest BCUT2D eigenvalue weighted by molar-refractivity contribution is 6.12. The Morgan fingerprint density at radius 2 is 0.725 bits per heavy atom. The molecule has 0 amide bonds. The van der Waals surface area contributed by atoms with E-state index in [1.54, 1.807) is 0 Å². The van der Waals surface area contributed by atoms with Crippen molar-refractivity contribution < 1.29 is 9.47 Å². The van der Waals surface area contributed by atoms with Crippen LogP contribution in [-0.4, -0.2) is 6.79 Å². The Kier molecular flexibility index (Phi) is 7.96. The summed E-state index contributed by atoms with van der Waals surface area (Å²) in [6, 6.07) is 59.9. The van der Waals surface area contributed by atoms with Gasteiger partial charge in [-0.2, -0.15) is 0 Å². The summed E-state index contributed by atoms with van der Waals surface area (Å²) in [7, 11) is 0. The van der Waals surface area contributed by atoms with E-state index in [2.05, 4.69) is 182 Å². The first kappa shape index (κ1) is 30.4. The van der Waals surface area contributed by atoms with Gasteiger partial charge < -0.3 is 9.47 Å². The highest BCUT2D eigenvalue weighted by Crippen LogP contribution is 2.50. The lowest BCUT2D eigenvalue weighted by atomic mass is 9.88. The lowest BCUT2D eigenvalue weighted by Crippen LogP contribution is -2.05. The second kappa shape index (κ2) is 13.3. The maximum atomic E-state index is 6.56. The van der Waals surface area contributed by atoms with E-state index >= 15 is 0 Å². The third kappa shape index (κ3) is 5.98. The summed E-state index contributed by atoms with van der Waals surface area (Å²) in [6.45, 7) is 0.107. The van der Waals surface area contributed by atoms with Crippen molar-refractivity contribution >= 4 is 45.8 Å². The maximum absolute atomic E-state index is 6.56. The highest BCUT2D eigenvalue weighted by Gasteiger charge is 2.26. The quantitative estimate of drug-likeness (QED) is 0.166. The summed E-state index contributed by atoms with van der Waals surface area (Å²) in [5.74, 6) is 1.65. The van der Waals surface area contributed by atoms with Gasteiger partial charge in [0.25, 0.3) is 0 Å². The lowest BCUT2D eigenvalue weighted by molar-refractivity contribution is 0.124. The first-order chi connectivity index (χ1) is 25.3. The minimum Gasteiger partial charge on any atom is -0.456 e. The number of fused-ring (bicyclic) bond motifs is 7. The first-order valence-corrected chi connectivity index (χ1v) is 17.3. The predicted molar refractivity (Wildman–Crippen MR) is 215 cm³/mol. The van der Waals surface area contributed by atoms with Crippen molar-refractivity contribution in [2.45, 2.75) is 0 Å². The molecule has 0 aliphatic carbocycles. The Balaban J connectivity index is 1.15. The van der Waals surface area contributed by atoms with Crippen molar-refractivity contribution in [1.82, 2.24) is 0 Å². The molecule has 0 fully saturated rings. The molecular formula is C49H34O2. The normalized spacial score (nSPS) is 12.4. The fraction of sp³-hybridized carbons (Fsp3) is 0.0204. The van der Waals surface area contributed by atoms with Gasteiger partial charge in [-0.1, -0.05) is 182 Å². The topological polar surface area (TPSA) is 18.5 Å². The minimum atomic E-state index is 0.107. The zero-order chi connectivity index (χ0) is 34.0. The van der Waals surface area contributed by atoms with Crippen LogP contribution in [0.2, 0.25) is 0 Å². The van der Waals surface area contributed by atoms with Gasteiger partial charge in [0.05, 0.1) is 0 Å². The number of ether oxygens (including phenoxy) is 2. The fourth-order valence-electron chi connectivity index (χ4n) is 7.11. The van der Waals surface area contributed by atoms with Gasteiger partial charge in [-0.3, -0.25) is 0 Å². The zero-order valence-electron chi connectivity index (χ0n) is 28.0. The van der Waals surface area contributed by atoms with Gasteiger partial charge in [0.15, 0.2) is 0 Å². The molecule has 9 rings (SSSR count). The van der Waals surface area contributed by atoms with Gasteiger partial charge in [-0.15, -0.1) is 0 Å². The Hall–Kier alpha value is -6.64. The second-order valence-electron chi connectivity index (χ2n) is 12.8. The highest BCUT2D eigenvalue weighted by atomic mass is 16.7. The van der Waals surface area contributed by atoms with Crippen molar-refractivity contribution in [3.8, 4) is 44.9 Å². The molecule has 0 bridgehead atoms. The van der Waals surface area contributed by atoms with Crippen LogP contribution < -0.4 is 9.47 Å². The number of hydrogen-bond donors (Lipinski definition) is 0. The number of benzene rings is 8. The van der Waals surface area contributed by atoms with Crippen LogP contribution in [0.25, 0.3) is 79.2 Å². The van der Waals surface area contributed by atoms with Crippen LogP contribution in [0, 0.1) is 0 Å². The van der Waals surface area contributed by atoms with E-state index in [1.165, 1.54) is 22.3 Å². The third-order valence-electron chi connectivity index (χ3n) is 9.66. The fourth-order valence-corrected chi connectivity index (χ4v) is 7.11. The van der Waals surface area contributed by atoms with Crippen LogP contribution >= 0.6 is 0 Å². The van der Waals surface area contributed by atoms with E-state index in [1.807, 2.05) is 12.1 Å². The van der Waals surface area contributed by atoms with Gasteiger partial charge in [-0.25, -0.2) is 0 Å². The van der Waals surface area contributed by atoms with E-state index in [4.69, 9.17) is 9.47 Å². The van der Waals surface area contributed by atoms with E-state index in [-0.39, 0.29) is 6.79 Å². The molecule has 0 spiro atoms. The summed E-state index contributed by atoms with van der Waals surface area (Å²) >= 11 is 0. The Morgan fingerprint density at radius 1 is 0.353 bits per heavy atom. The van der Waals surface area contributed by atoms with Crippen LogP contribution in [0.4, 0.5) is 0 Å². The summed E-state index contributed by atoms with van der Waals surface area (Å²) in [4.78, 5) is 0. The lowest BCUT2D eigenvalue weighted by Gasteiger charge is -2.17. The third-order valence-corrected chi connectivity index (χ3v) is 9.66. The van der Waals surface area contributed by atoms with E-state index in [0.717, 1.165) is 66.4 Å². The average molecular weight is 655 g/mol. The zero-order valence-corrected chi connectivity index (χ0v) is 28.0. The Morgan fingerprint density at radius 3 is 1.16 bits per heavy atom. The second-order valence-corrected chi connectivity index (χ2v) is 12.8. The van der Waals surface area contributed by atoms with Crippen molar-refractivity contribution in [3.63, 3.8) is 0 Å². The molecule has 2 nitrogen and oxygen atoms in total. The maximum Gasteiger partial charge on any atom is 0.231 e. The number of hydrogen-bond acceptors (Lipinski definition) is 2. The molecule has 0 unspecified atom stereocenters. The minimum absolute atomic E-state index is 0.107. The van der Waals surface area contributed by atoms with Gasteiger partial charge >= 0.3 is 0 Å². The Bertz CT molecular complexity index is 2380. The molecule has 0 N–H and O–H groups in total. The molecule has 1 aliphatic heterocycles. The van der Waals surface area contributed by atoms with Crippen LogP contribution in [0.15, 0.2) is 170 Å². The smallest absolute Gasteiger partial charge is 0.231 e. The molecule has 0 radical (unpaired) electrons. The van der Waals surface area contributed by atoms with Crippen molar-refractivity contribution in [3.05, 3.63) is 192 Å². The predicted octanol–water partition coefficient (Wildman–Crippen LogP) is 13.1. The monoisotopic (exact) mass is 654 g/mol. The van der Waals surface area contributed by atoms with Crippen LogP contribution in [0.1, 0.15) is 22.3 Å². The van der Waals surface area contributed by atoms with Gasteiger partial charge in [-0.05, 0) is 67.1 Å². The molecule has 8 aromatic rings. The van der Waals surface area contributed by atoms with Crippen molar-refractivity contribution in [1.29, 1.82) is 0 Å². The molecule has 51 heavy (non-hydrogen) atoms. The molecule has 8 aromatic carbocycles. The van der Waals surface area contributed by atoms with Crippen molar-refractivity contribution in [2.75, 3.05) is 6.79 Å². The first-order valence-electron chi connectivity index (χ1n) is 17.3. The van der Waals surface area contributed by atoms with Crippen LogP contribution in [0.5, 0.6) is 11.5 Å². The van der Waals surface area contributed by atoms with Gasteiger partial charge in [0.1, 0.15) is 11.5 Å². The standard InChI is InChI=1S/C49H34O2/c1-3-11-36(12-4-1)38-25-19-34(20-26-38)23-29-42-31-40-15-7-9-17-44(40)46-47-45-18-10-8-16-41(45)32-43(49(47)51-33-50-48(42)46)30-24-35-21-27-39(28-22-35)37-13-5-2-6-14-37/h1-32H,33H2/b29-23+,30-24+. The average Bonchev–Trinajstić information content (AvgIpc) is 3.41. The van der Waals surface area contributed by atoms with Crippen LogP contribution in [0.3, 0.4) is 0 Å². The molecule has 0 atom stereocenters. The van der Waals surface area contributed by atoms with Crippen molar-refractivity contribution in [2.24, 2.45) is 0 Å². The molecule has 0 saturated carbocycles. The van der Waals surface area contributed by atoms with Crippen LogP contribution in [-0.2, 0) is 0 Å². The van der Waals surface area contributed by atoms with E-state index < -0.39 is 0 Å². The molecule has 0 aromatic heterocycles. The van der Waals surface area contributed by atoms with E-state index in [9.17, 15) is 0 Å². The molecule has 1 heterocycles. The largest absolute Gasteiger partial charge is 0.456 e. The molecule has 2 heteroatoms. The van der Waals surface area contributed by atoms with Gasteiger partial charge in [0.2, 0.25) is 6.79 Å². The molecular weight excluding hydrogens is 621 g/mol. The Labute approximate surface area is 298 Å². The number of rotatable bonds is 6. The van der Waals surface area contributed by atoms with E-state index in [0.29, 0.717) is 0 Å². The summed E-state index contributed by atoms with van der Waals surface area (Å²) < 4.78 is 13.1. The molecule has 0 saturated heterocycles. The molecule has 1 aliphatic rings. The van der Waals surface area contributed by atoms with Gasteiger partial charge in [0, 0.05) is 22.3 Å². The molecule has 242 valence electrons. The summed E-state index contributed by atoms with van der Waals surface area (Å²) in [6.07, 6.45) is 8.66.